The molecule has 0 aromatic heterocycles. The van der Waals surface area contributed by atoms with Gasteiger partial charge in [0.2, 0.25) is 0 Å². The lowest BCUT2D eigenvalue weighted by Gasteiger charge is -2.13. The number of aliphatic hydroxyl groups is 1. The molecule has 2 N–H and O–H groups in total. The highest BCUT2D eigenvalue weighted by molar-refractivity contribution is 5.17. The van der Waals surface area contributed by atoms with Crippen molar-refractivity contribution in [1.82, 2.24) is 5.32 Å². The molecule has 1 aliphatic carbocycles. The number of nitrogens with one attached hydrogen (secondary N) is 1. The Kier molecular flexibility index (Phi) is 7.66. The van der Waals surface area contributed by atoms with Crippen molar-refractivity contribution >= 4 is 0 Å². The summed E-state index contributed by atoms with van der Waals surface area (Å²) in [7, 11) is 0. The van der Waals surface area contributed by atoms with Gasteiger partial charge in [0, 0.05) is 19.2 Å². The molecule has 1 unspecified atom stereocenters. The zero-order valence-electron chi connectivity index (χ0n) is 14.9. The molecule has 1 atom stereocenters. The number of hydrogen-bond acceptors (Lipinski definition) is 3. The largest absolute Gasteiger partial charge is 0.389 e. The summed E-state index contributed by atoms with van der Waals surface area (Å²) in [4.78, 5) is 0. The van der Waals surface area contributed by atoms with Crippen LogP contribution in [-0.2, 0) is 4.74 Å². The lowest BCUT2D eigenvalue weighted by molar-refractivity contribution is 0.0347. The monoisotopic (exact) mass is 299 g/mol. The molecule has 0 amide bonds. The van der Waals surface area contributed by atoms with Gasteiger partial charge in [-0.05, 0) is 17.3 Å². The summed E-state index contributed by atoms with van der Waals surface area (Å²) in [6.45, 7) is 13.2. The lowest BCUT2D eigenvalue weighted by atomic mass is 10.0. The van der Waals surface area contributed by atoms with Gasteiger partial charge in [-0.15, -0.1) is 0 Å². The van der Waals surface area contributed by atoms with E-state index in [1.54, 1.807) is 0 Å². The Hall–Kier alpha value is -0.120. The maximum Gasteiger partial charge on any atom is 0.0897 e. The van der Waals surface area contributed by atoms with E-state index >= 15 is 0 Å². The Morgan fingerprint density at radius 2 is 1.57 bits per heavy atom. The molecule has 1 rings (SSSR count). The van der Waals surface area contributed by atoms with E-state index in [1.807, 2.05) is 0 Å². The molecule has 126 valence electrons. The average molecular weight is 299 g/mol. The molecule has 3 heteroatoms. The Morgan fingerprint density at radius 1 is 1.00 bits per heavy atom. The smallest absolute Gasteiger partial charge is 0.0897 e. The van der Waals surface area contributed by atoms with Gasteiger partial charge < -0.3 is 15.2 Å². The highest BCUT2D eigenvalue weighted by Crippen LogP contribution is 2.62. The first-order chi connectivity index (χ1) is 9.84. The Labute approximate surface area is 131 Å². The van der Waals surface area contributed by atoms with Crippen molar-refractivity contribution < 1.29 is 9.84 Å². The average Bonchev–Trinajstić information content (AvgIpc) is 2.80. The van der Waals surface area contributed by atoms with Crippen molar-refractivity contribution in [1.29, 1.82) is 0 Å². The molecule has 0 radical (unpaired) electrons. The van der Waals surface area contributed by atoms with E-state index in [9.17, 15) is 5.11 Å². The molecule has 0 aromatic rings. The molecule has 0 aromatic carbocycles. The topological polar surface area (TPSA) is 41.5 Å². The lowest BCUT2D eigenvalue weighted by Crippen LogP contribution is -2.34. The van der Waals surface area contributed by atoms with Gasteiger partial charge in [0.1, 0.15) is 0 Å². The van der Waals surface area contributed by atoms with E-state index in [-0.39, 0.29) is 0 Å². The second-order valence-electron chi connectivity index (χ2n) is 7.78. The van der Waals surface area contributed by atoms with Crippen LogP contribution in [0.25, 0.3) is 0 Å². The van der Waals surface area contributed by atoms with E-state index in [0.717, 1.165) is 13.0 Å². The van der Waals surface area contributed by atoms with Crippen LogP contribution >= 0.6 is 0 Å². The minimum Gasteiger partial charge on any atom is -0.389 e. The minimum atomic E-state index is -0.391. The molecule has 1 saturated carbocycles. The van der Waals surface area contributed by atoms with Crippen molar-refractivity contribution in [2.45, 2.75) is 85.3 Å². The summed E-state index contributed by atoms with van der Waals surface area (Å²) in [5, 5.41) is 13.4. The molecular weight excluding hydrogens is 262 g/mol. The van der Waals surface area contributed by atoms with Gasteiger partial charge in [0.05, 0.1) is 12.7 Å². The second-order valence-corrected chi connectivity index (χ2v) is 7.78. The van der Waals surface area contributed by atoms with Crippen LogP contribution in [0.2, 0.25) is 0 Å². The van der Waals surface area contributed by atoms with E-state index < -0.39 is 6.10 Å². The molecule has 3 nitrogen and oxygen atoms in total. The molecular formula is C18H37NO2. The Bertz CT molecular complexity index is 275. The van der Waals surface area contributed by atoms with Crippen LogP contribution in [0.3, 0.4) is 0 Å². The van der Waals surface area contributed by atoms with Crippen LogP contribution < -0.4 is 5.32 Å². The normalized spacial score (nSPS) is 21.4. The highest BCUT2D eigenvalue weighted by Gasteiger charge is 2.64. The van der Waals surface area contributed by atoms with Gasteiger partial charge in [0.15, 0.2) is 0 Å². The van der Waals surface area contributed by atoms with E-state index in [0.29, 0.717) is 30.0 Å². The number of rotatable bonds is 12. The van der Waals surface area contributed by atoms with Gasteiger partial charge in [-0.25, -0.2) is 0 Å². The molecule has 1 fully saturated rings. The second kappa shape index (κ2) is 8.50. The predicted molar refractivity (Wildman–Crippen MR) is 89.6 cm³/mol. The maximum atomic E-state index is 9.95. The first-order valence-corrected chi connectivity index (χ1v) is 8.83. The van der Waals surface area contributed by atoms with Crippen molar-refractivity contribution in [3.05, 3.63) is 0 Å². The third-order valence-electron chi connectivity index (χ3n) is 5.53. The van der Waals surface area contributed by atoms with Crippen LogP contribution in [-0.4, -0.2) is 37.0 Å². The maximum absolute atomic E-state index is 9.95. The first-order valence-electron chi connectivity index (χ1n) is 8.83. The zero-order valence-corrected chi connectivity index (χ0v) is 14.9. The molecule has 21 heavy (non-hydrogen) atoms. The molecule has 1 aliphatic rings. The van der Waals surface area contributed by atoms with Gasteiger partial charge in [-0.2, -0.15) is 0 Å². The SMILES string of the molecule is CCCCCCCCOCC(O)CNC1C(C)(C)C1(C)C. The van der Waals surface area contributed by atoms with Crippen LogP contribution in [0, 0.1) is 10.8 Å². The van der Waals surface area contributed by atoms with E-state index in [4.69, 9.17) is 4.74 Å². The summed E-state index contributed by atoms with van der Waals surface area (Å²) in [6, 6.07) is 0.498. The van der Waals surface area contributed by atoms with Gasteiger partial charge >= 0.3 is 0 Å². The van der Waals surface area contributed by atoms with Crippen LogP contribution in [0.4, 0.5) is 0 Å². The molecule has 0 aliphatic heterocycles. The van der Waals surface area contributed by atoms with Crippen molar-refractivity contribution in [2.75, 3.05) is 19.8 Å². The van der Waals surface area contributed by atoms with Crippen LogP contribution in [0.1, 0.15) is 73.1 Å². The van der Waals surface area contributed by atoms with Crippen molar-refractivity contribution in [3.63, 3.8) is 0 Å². The van der Waals surface area contributed by atoms with Crippen LogP contribution in [0.15, 0.2) is 0 Å². The predicted octanol–water partition coefficient (Wildman–Crippen LogP) is 3.75. The van der Waals surface area contributed by atoms with Gasteiger partial charge in [-0.3, -0.25) is 0 Å². The molecule has 0 spiro atoms. The molecule has 0 saturated heterocycles. The fraction of sp³-hybridized carbons (Fsp3) is 1.00. The Morgan fingerprint density at radius 3 is 2.14 bits per heavy atom. The fourth-order valence-electron chi connectivity index (χ4n) is 3.22. The van der Waals surface area contributed by atoms with E-state index in [2.05, 4.69) is 39.9 Å². The summed E-state index contributed by atoms with van der Waals surface area (Å²) in [5.41, 5.74) is 0.651. The minimum absolute atomic E-state index is 0.325. The number of hydrogen-bond donors (Lipinski definition) is 2. The third-order valence-corrected chi connectivity index (χ3v) is 5.53. The quantitative estimate of drug-likeness (QED) is 0.539. The van der Waals surface area contributed by atoms with Crippen molar-refractivity contribution in [3.8, 4) is 0 Å². The van der Waals surface area contributed by atoms with Gasteiger partial charge in [0.25, 0.3) is 0 Å². The third kappa shape index (κ3) is 5.54. The zero-order chi connectivity index (χ0) is 15.9. The van der Waals surface area contributed by atoms with Crippen LogP contribution in [0.5, 0.6) is 0 Å². The van der Waals surface area contributed by atoms with E-state index in [1.165, 1.54) is 32.1 Å². The fourth-order valence-corrected chi connectivity index (χ4v) is 3.22. The summed E-state index contributed by atoms with van der Waals surface area (Å²) in [5.74, 6) is 0. The summed E-state index contributed by atoms with van der Waals surface area (Å²) >= 11 is 0. The summed E-state index contributed by atoms with van der Waals surface area (Å²) in [6.07, 6.45) is 7.27. The van der Waals surface area contributed by atoms with Crippen molar-refractivity contribution in [2.24, 2.45) is 10.8 Å². The number of unbranched alkanes of at least 4 members (excludes halogenated alkanes) is 5. The molecule has 0 bridgehead atoms. The number of ether oxygens (including phenoxy) is 1. The standard InChI is InChI=1S/C18H37NO2/c1-6-7-8-9-10-11-12-21-14-15(20)13-19-16-17(2,3)18(16,4)5/h15-16,19-20H,6-14H2,1-5H3. The summed E-state index contributed by atoms with van der Waals surface area (Å²) < 4.78 is 5.57. The first kappa shape index (κ1) is 18.9. The number of aliphatic hydroxyl groups excluding tert-OH is 1. The van der Waals surface area contributed by atoms with Gasteiger partial charge in [-0.1, -0.05) is 66.7 Å². The Balaban J connectivity index is 1.94. The molecule has 0 heterocycles. The highest BCUT2D eigenvalue weighted by atomic mass is 16.5.